The Morgan fingerprint density at radius 2 is 2.19 bits per heavy atom. The highest BCUT2D eigenvalue weighted by atomic mass is 35.5. The number of nitrogens with two attached hydrogens (primary N) is 1. The molecule has 5 nitrogen and oxygen atoms in total. The number of H-pyrrole nitrogens is 1. The summed E-state index contributed by atoms with van der Waals surface area (Å²) in [4.78, 5) is 7.29. The summed E-state index contributed by atoms with van der Waals surface area (Å²) in [6, 6.07) is 3.69. The third-order valence-electron chi connectivity index (χ3n) is 2.06. The number of pyridine rings is 1. The van der Waals surface area contributed by atoms with Crippen LogP contribution in [0.4, 0.5) is 5.69 Å². The van der Waals surface area contributed by atoms with Gasteiger partial charge >= 0.3 is 0 Å². The van der Waals surface area contributed by atoms with E-state index in [9.17, 15) is 0 Å². The number of hydrogen-bond donors (Lipinski definition) is 2. The maximum Gasteiger partial charge on any atom is 0.214 e. The van der Waals surface area contributed by atoms with Crippen molar-refractivity contribution < 1.29 is 9.47 Å². The molecule has 0 radical (unpaired) electrons. The quantitative estimate of drug-likeness (QED) is 0.800. The van der Waals surface area contributed by atoms with E-state index >= 15 is 0 Å². The topological polar surface area (TPSA) is 73.2 Å². The van der Waals surface area contributed by atoms with Crippen molar-refractivity contribution in [3.8, 4) is 5.88 Å². The van der Waals surface area contributed by atoms with Gasteiger partial charge in [-0.05, 0) is 6.07 Å². The Morgan fingerprint density at radius 1 is 1.38 bits per heavy atom. The van der Waals surface area contributed by atoms with Gasteiger partial charge in [-0.25, -0.2) is 4.98 Å². The lowest BCUT2D eigenvalue weighted by Gasteiger charge is -2.04. The van der Waals surface area contributed by atoms with Crippen LogP contribution in [0.2, 0.25) is 0 Å². The van der Waals surface area contributed by atoms with Crippen molar-refractivity contribution in [1.29, 1.82) is 0 Å². The van der Waals surface area contributed by atoms with Gasteiger partial charge < -0.3 is 20.2 Å². The highest BCUT2D eigenvalue weighted by Gasteiger charge is 2.03. The van der Waals surface area contributed by atoms with Crippen LogP contribution in [0, 0.1) is 0 Å². The molecule has 0 amide bonds. The van der Waals surface area contributed by atoms with Crippen molar-refractivity contribution >= 4 is 29.1 Å². The molecule has 0 unspecified atom stereocenters. The fraction of sp³-hybridized carbons (Fsp3) is 0.300. The molecule has 0 aromatic carbocycles. The second-order valence-electron chi connectivity index (χ2n) is 3.13. The van der Waals surface area contributed by atoms with Gasteiger partial charge in [0.15, 0.2) is 0 Å². The molecule has 6 heteroatoms. The van der Waals surface area contributed by atoms with E-state index in [1.807, 2.05) is 6.07 Å². The Morgan fingerprint density at radius 3 is 2.94 bits per heavy atom. The molecule has 0 aliphatic rings. The smallest absolute Gasteiger partial charge is 0.214 e. The van der Waals surface area contributed by atoms with E-state index in [2.05, 4.69) is 9.97 Å². The summed E-state index contributed by atoms with van der Waals surface area (Å²) in [5, 5.41) is 0. The van der Waals surface area contributed by atoms with E-state index in [-0.39, 0.29) is 12.4 Å². The van der Waals surface area contributed by atoms with Crippen molar-refractivity contribution in [3.05, 3.63) is 18.3 Å². The van der Waals surface area contributed by atoms with Crippen LogP contribution in [-0.4, -0.2) is 30.3 Å². The highest BCUT2D eigenvalue weighted by molar-refractivity contribution is 5.87. The van der Waals surface area contributed by atoms with Gasteiger partial charge in [0, 0.05) is 19.4 Å². The molecule has 16 heavy (non-hydrogen) atoms. The van der Waals surface area contributed by atoms with Crippen molar-refractivity contribution in [1.82, 2.24) is 9.97 Å². The minimum absolute atomic E-state index is 0. The maximum atomic E-state index is 5.73. The number of aromatic amines is 1. The minimum atomic E-state index is 0. The van der Waals surface area contributed by atoms with Gasteiger partial charge in [-0.1, -0.05) is 0 Å². The van der Waals surface area contributed by atoms with Crippen molar-refractivity contribution in [2.75, 3.05) is 26.1 Å². The number of anilines is 1. The molecule has 0 spiro atoms. The van der Waals surface area contributed by atoms with Crippen LogP contribution in [0.3, 0.4) is 0 Å². The molecule has 2 aromatic heterocycles. The van der Waals surface area contributed by atoms with Crippen LogP contribution in [0.25, 0.3) is 11.0 Å². The zero-order valence-corrected chi connectivity index (χ0v) is 9.71. The number of fused-ring (bicyclic) bond motifs is 1. The maximum absolute atomic E-state index is 5.73. The molecule has 3 N–H and O–H groups in total. The Balaban J connectivity index is 0.00000128. The van der Waals surface area contributed by atoms with Crippen LogP contribution in [0.1, 0.15) is 0 Å². The monoisotopic (exact) mass is 243 g/mol. The summed E-state index contributed by atoms with van der Waals surface area (Å²) in [5.41, 5.74) is 8.00. The fourth-order valence-electron chi connectivity index (χ4n) is 1.31. The number of nitrogen functional groups attached to an aromatic ring is 1. The summed E-state index contributed by atoms with van der Waals surface area (Å²) < 4.78 is 10.2. The average molecular weight is 244 g/mol. The van der Waals surface area contributed by atoms with Gasteiger partial charge in [0.2, 0.25) is 5.88 Å². The normalized spacial score (nSPS) is 10.1. The second kappa shape index (κ2) is 5.58. The lowest BCUT2D eigenvalue weighted by Crippen LogP contribution is -2.05. The predicted molar refractivity (Wildman–Crippen MR) is 65.1 cm³/mol. The van der Waals surface area contributed by atoms with E-state index < -0.39 is 0 Å². The summed E-state index contributed by atoms with van der Waals surface area (Å²) >= 11 is 0. The second-order valence-corrected chi connectivity index (χ2v) is 3.13. The summed E-state index contributed by atoms with van der Waals surface area (Å²) in [6.07, 6.45) is 1.72. The SMILES string of the molecule is COCCOc1ccc2[nH]cc(N)c2n1.Cl. The number of hydrogen-bond acceptors (Lipinski definition) is 4. The Hall–Kier alpha value is -1.46. The molecule has 0 atom stereocenters. The molecular formula is C10H14ClN3O2. The van der Waals surface area contributed by atoms with E-state index in [0.29, 0.717) is 24.8 Å². The van der Waals surface area contributed by atoms with Gasteiger partial charge in [0.05, 0.1) is 17.8 Å². The van der Waals surface area contributed by atoms with Gasteiger partial charge in [0.25, 0.3) is 0 Å². The molecule has 2 heterocycles. The average Bonchev–Trinajstić information content (AvgIpc) is 2.61. The Labute approximate surface area is 99.4 Å². The molecule has 2 rings (SSSR count). The number of methoxy groups -OCH3 is 1. The largest absolute Gasteiger partial charge is 0.475 e. The molecule has 0 aliphatic heterocycles. The van der Waals surface area contributed by atoms with E-state index in [0.717, 1.165) is 11.0 Å². The first kappa shape index (κ1) is 12.6. The molecule has 0 saturated heterocycles. The summed E-state index contributed by atoms with van der Waals surface area (Å²) in [7, 11) is 1.63. The van der Waals surface area contributed by atoms with Gasteiger partial charge in [-0.3, -0.25) is 0 Å². The molecule has 2 aromatic rings. The molecular weight excluding hydrogens is 230 g/mol. The molecule has 0 aliphatic carbocycles. The first-order valence-corrected chi connectivity index (χ1v) is 4.66. The first-order chi connectivity index (χ1) is 7.31. The highest BCUT2D eigenvalue weighted by Crippen LogP contribution is 2.20. The van der Waals surface area contributed by atoms with Crippen molar-refractivity contribution in [3.63, 3.8) is 0 Å². The molecule has 0 fully saturated rings. The van der Waals surface area contributed by atoms with E-state index in [1.54, 1.807) is 19.4 Å². The van der Waals surface area contributed by atoms with Crippen LogP contribution in [-0.2, 0) is 4.74 Å². The third kappa shape index (κ3) is 2.56. The standard InChI is InChI=1S/C10H13N3O2.ClH/c1-14-4-5-15-9-3-2-8-10(13-9)7(11)6-12-8;/h2-3,6,12H,4-5,11H2,1H3;1H. The molecule has 0 saturated carbocycles. The number of nitrogens with one attached hydrogen (secondary N) is 1. The summed E-state index contributed by atoms with van der Waals surface area (Å²) in [5.74, 6) is 0.561. The molecule has 88 valence electrons. The van der Waals surface area contributed by atoms with Gasteiger partial charge in [-0.2, -0.15) is 0 Å². The Kier molecular flexibility index (Phi) is 4.39. The first-order valence-electron chi connectivity index (χ1n) is 4.66. The third-order valence-corrected chi connectivity index (χ3v) is 2.06. The van der Waals surface area contributed by atoms with E-state index in [4.69, 9.17) is 15.2 Å². The minimum Gasteiger partial charge on any atom is -0.475 e. The van der Waals surface area contributed by atoms with Crippen LogP contribution >= 0.6 is 12.4 Å². The molecule has 0 bridgehead atoms. The zero-order valence-electron chi connectivity index (χ0n) is 8.90. The van der Waals surface area contributed by atoms with Crippen LogP contribution in [0.5, 0.6) is 5.88 Å². The van der Waals surface area contributed by atoms with E-state index in [1.165, 1.54) is 0 Å². The number of nitrogens with zero attached hydrogens (tertiary/aromatic N) is 1. The predicted octanol–water partition coefficient (Wildman–Crippen LogP) is 1.59. The number of aromatic nitrogens is 2. The summed E-state index contributed by atoms with van der Waals surface area (Å²) in [6.45, 7) is 1.03. The fourth-order valence-corrected chi connectivity index (χ4v) is 1.31. The van der Waals surface area contributed by atoms with Gasteiger partial charge in [-0.15, -0.1) is 12.4 Å². The van der Waals surface area contributed by atoms with Crippen LogP contribution < -0.4 is 10.5 Å². The number of ether oxygens (including phenoxy) is 2. The van der Waals surface area contributed by atoms with Gasteiger partial charge in [0.1, 0.15) is 12.1 Å². The lowest BCUT2D eigenvalue weighted by atomic mass is 10.3. The number of halogens is 1. The zero-order chi connectivity index (χ0) is 10.7. The lowest BCUT2D eigenvalue weighted by molar-refractivity contribution is 0.144. The Bertz CT molecular complexity index is 458. The van der Waals surface area contributed by atoms with Crippen molar-refractivity contribution in [2.24, 2.45) is 0 Å². The van der Waals surface area contributed by atoms with Crippen molar-refractivity contribution in [2.45, 2.75) is 0 Å². The van der Waals surface area contributed by atoms with Crippen LogP contribution in [0.15, 0.2) is 18.3 Å². The number of rotatable bonds is 4.